The molecule has 9 aromatic carbocycles. The van der Waals surface area contributed by atoms with Gasteiger partial charge in [0.15, 0.2) is 11.6 Å². The molecule has 0 bridgehead atoms. The highest BCUT2D eigenvalue weighted by atomic mass is 31.1. The van der Waals surface area contributed by atoms with Gasteiger partial charge in [-0.05, 0) is 245 Å². The van der Waals surface area contributed by atoms with Crippen LogP contribution in [-0.2, 0) is 12.8 Å². The molecule has 0 aliphatic heterocycles. The zero-order valence-electron chi connectivity index (χ0n) is 44.4. The molecule has 12 rings (SSSR count). The molecular formula is C70H62N3P. The summed E-state index contributed by atoms with van der Waals surface area (Å²) in [7, 11) is -0.865. The minimum absolute atomic E-state index is 0.188. The van der Waals surface area contributed by atoms with Crippen LogP contribution in [0.1, 0.15) is 78.5 Å². The van der Waals surface area contributed by atoms with Crippen molar-refractivity contribution >= 4 is 28.5 Å². The molecule has 0 radical (unpaired) electrons. The summed E-state index contributed by atoms with van der Waals surface area (Å²) in [4.78, 5) is 15.4. The maximum Gasteiger partial charge on any atom is 0.163 e. The van der Waals surface area contributed by atoms with Crippen molar-refractivity contribution in [3.63, 3.8) is 0 Å². The lowest BCUT2D eigenvalue weighted by Crippen LogP contribution is -2.16. The van der Waals surface area contributed by atoms with Gasteiger partial charge in [0, 0.05) is 27.8 Å². The molecule has 0 spiro atoms. The lowest BCUT2D eigenvalue weighted by atomic mass is 9.77. The normalized spacial score (nSPS) is 13.4. The Kier molecular flexibility index (Phi) is 11.9. The number of hydrogen-bond donors (Lipinski definition) is 0. The van der Waals surface area contributed by atoms with Crippen molar-refractivity contribution in [1.82, 2.24) is 15.0 Å². The van der Waals surface area contributed by atoms with Crippen molar-refractivity contribution < 1.29 is 0 Å². The Balaban J connectivity index is 1.01. The number of nitrogens with zero attached hydrogens (tertiary/aromatic N) is 3. The van der Waals surface area contributed by atoms with Crippen LogP contribution in [-0.4, -0.2) is 15.0 Å². The Bertz CT molecular complexity index is 3860. The summed E-state index contributed by atoms with van der Waals surface area (Å²) in [5.41, 5.74) is 28.9. The molecule has 1 aliphatic rings. The summed E-state index contributed by atoms with van der Waals surface area (Å²) in [5, 5.41) is 6.95. The summed E-state index contributed by atoms with van der Waals surface area (Å²) in [6.07, 6.45) is 1.60. The van der Waals surface area contributed by atoms with Gasteiger partial charge >= 0.3 is 0 Å². The van der Waals surface area contributed by atoms with Crippen molar-refractivity contribution in [3.05, 3.63) is 236 Å². The van der Waals surface area contributed by atoms with Gasteiger partial charge in [0.05, 0.1) is 0 Å². The Morgan fingerprint density at radius 1 is 0.378 bits per heavy atom. The Morgan fingerprint density at radius 3 is 1.47 bits per heavy atom. The topological polar surface area (TPSA) is 38.7 Å². The van der Waals surface area contributed by atoms with Crippen LogP contribution in [0.25, 0.3) is 93.6 Å². The van der Waals surface area contributed by atoms with Gasteiger partial charge < -0.3 is 0 Å². The predicted octanol–water partition coefficient (Wildman–Crippen LogP) is 19.1. The highest BCUT2D eigenvalue weighted by Crippen LogP contribution is 2.58. The van der Waals surface area contributed by atoms with Crippen molar-refractivity contribution in [2.75, 3.05) is 0 Å². The van der Waals surface area contributed by atoms with E-state index in [1.807, 2.05) is 12.1 Å². The van der Waals surface area contributed by atoms with Crippen molar-refractivity contribution in [2.45, 2.75) is 88.0 Å². The average molecular weight is 976 g/mol. The first-order valence-electron chi connectivity index (χ1n) is 26.3. The van der Waals surface area contributed by atoms with Crippen LogP contribution in [0.15, 0.2) is 164 Å². The molecule has 0 amide bonds. The molecule has 3 nitrogen and oxygen atoms in total. The molecule has 4 heteroatoms. The first kappa shape index (κ1) is 47.3. The van der Waals surface area contributed by atoms with E-state index in [1.54, 1.807) is 0 Å². The molecule has 2 atom stereocenters. The Labute approximate surface area is 438 Å². The summed E-state index contributed by atoms with van der Waals surface area (Å²) in [5.74, 6) is 2.42. The van der Waals surface area contributed by atoms with Gasteiger partial charge in [-0.15, -0.1) is 0 Å². The first-order chi connectivity index (χ1) is 35.8. The van der Waals surface area contributed by atoms with Gasteiger partial charge in [-0.3, -0.25) is 0 Å². The fourth-order valence-electron chi connectivity index (χ4n) is 12.3. The zero-order valence-corrected chi connectivity index (χ0v) is 45.3. The highest BCUT2D eigenvalue weighted by molar-refractivity contribution is 7.67. The summed E-state index contributed by atoms with van der Waals surface area (Å²) in [6.45, 7) is 23.0. The third-order valence-electron chi connectivity index (χ3n) is 17.2. The molecule has 74 heavy (non-hydrogen) atoms. The number of hydrogen-bond acceptors (Lipinski definition) is 3. The van der Waals surface area contributed by atoms with Crippen LogP contribution in [0.2, 0.25) is 0 Å². The lowest BCUT2D eigenvalue weighted by molar-refractivity contribution is 0.646. The standard InChI is InChI=1S/C70H62N3P/c1-40-42(3)46(7)67(47(8)43(40)4)56-32-53(33-57(35-56)68-48(9)44(5)41(2)45(6)49(68)10)52-26-21-27-58(36-52)74-64-31-20-19-30-61(64)63-39-62-54(37-65(63)74)34-55(59-28-17-18-29-60(59)62)38-66-71-69(50-22-13-11-14-23-50)73-70(72-66)51-24-15-12-16-25-51/h11-33,35-37,39,55H,34,38H2,1-10H3. The molecule has 2 unspecified atom stereocenters. The highest BCUT2D eigenvalue weighted by Gasteiger charge is 2.29. The average Bonchev–Trinajstić information content (AvgIpc) is 3.78. The van der Waals surface area contributed by atoms with Gasteiger partial charge in [-0.1, -0.05) is 135 Å². The SMILES string of the molecule is Cc1c(C)c(C)c(-c2cc(-c3cccc(-p4c5ccccc5c5cc6c(cc54)CC(Cc4nc(-c5ccccc5)nc(-c5ccccc5)n4)c4ccccc4-6)c3)cc(-c3c(C)c(C)c(C)c(C)c3C)c2)c(C)c1C. The first-order valence-corrected chi connectivity index (χ1v) is 27.6. The van der Waals surface area contributed by atoms with E-state index in [1.165, 1.54) is 138 Å². The number of rotatable bonds is 8. The van der Waals surface area contributed by atoms with E-state index in [0.29, 0.717) is 18.1 Å². The second kappa shape index (κ2) is 18.6. The van der Waals surface area contributed by atoms with Gasteiger partial charge in [0.25, 0.3) is 0 Å². The molecule has 0 N–H and O–H groups in total. The van der Waals surface area contributed by atoms with E-state index in [4.69, 9.17) is 15.0 Å². The van der Waals surface area contributed by atoms with Gasteiger partial charge in [0.1, 0.15) is 5.82 Å². The van der Waals surface area contributed by atoms with E-state index in [-0.39, 0.29) is 5.92 Å². The van der Waals surface area contributed by atoms with E-state index < -0.39 is 7.53 Å². The Morgan fingerprint density at radius 2 is 0.878 bits per heavy atom. The smallest absolute Gasteiger partial charge is 0.163 e. The summed E-state index contributed by atoms with van der Waals surface area (Å²) < 4.78 is 0. The Hall–Kier alpha value is -7.71. The fraction of sp³-hybridized carbons (Fsp3) is 0.186. The van der Waals surface area contributed by atoms with Crippen LogP contribution < -0.4 is 0 Å². The quantitative estimate of drug-likeness (QED) is 0.152. The minimum atomic E-state index is -0.865. The van der Waals surface area contributed by atoms with Crippen LogP contribution in [0.5, 0.6) is 0 Å². The predicted molar refractivity (Wildman–Crippen MR) is 315 cm³/mol. The molecule has 0 saturated carbocycles. The maximum atomic E-state index is 5.19. The van der Waals surface area contributed by atoms with Gasteiger partial charge in [0.2, 0.25) is 0 Å². The molecule has 0 saturated heterocycles. The van der Waals surface area contributed by atoms with Crippen LogP contribution in [0.4, 0.5) is 0 Å². The second-order valence-corrected chi connectivity index (χ2v) is 23.2. The number of aromatic nitrogens is 3. The van der Waals surface area contributed by atoms with E-state index >= 15 is 0 Å². The molecule has 362 valence electrons. The summed E-state index contributed by atoms with van der Waals surface area (Å²) >= 11 is 0. The molecule has 0 fully saturated rings. The largest absolute Gasteiger partial charge is 0.213 e. The van der Waals surface area contributed by atoms with Crippen molar-refractivity contribution in [3.8, 4) is 72.6 Å². The van der Waals surface area contributed by atoms with E-state index in [9.17, 15) is 0 Å². The maximum absolute atomic E-state index is 5.19. The second-order valence-electron chi connectivity index (χ2n) is 21.1. The van der Waals surface area contributed by atoms with Gasteiger partial charge in [-0.25, -0.2) is 15.0 Å². The van der Waals surface area contributed by atoms with E-state index in [0.717, 1.165) is 23.4 Å². The summed E-state index contributed by atoms with van der Waals surface area (Å²) in [6, 6.07) is 60.9. The molecule has 11 aromatic rings. The minimum Gasteiger partial charge on any atom is -0.213 e. The van der Waals surface area contributed by atoms with E-state index in [2.05, 4.69) is 221 Å². The van der Waals surface area contributed by atoms with Crippen LogP contribution in [0.3, 0.4) is 0 Å². The van der Waals surface area contributed by atoms with Crippen molar-refractivity contribution in [1.29, 1.82) is 0 Å². The third-order valence-corrected chi connectivity index (χ3v) is 19.7. The lowest BCUT2D eigenvalue weighted by Gasteiger charge is -2.28. The van der Waals surface area contributed by atoms with Crippen LogP contribution >= 0.6 is 7.53 Å². The molecule has 2 aromatic heterocycles. The molecule has 2 heterocycles. The number of benzene rings is 9. The monoisotopic (exact) mass is 975 g/mol. The van der Waals surface area contributed by atoms with Crippen molar-refractivity contribution in [2.24, 2.45) is 0 Å². The van der Waals surface area contributed by atoms with Gasteiger partial charge in [-0.2, -0.15) is 0 Å². The fourth-order valence-corrected chi connectivity index (χ4v) is 15.1. The zero-order chi connectivity index (χ0) is 51.1. The van der Waals surface area contributed by atoms with Crippen LogP contribution in [0, 0.1) is 69.2 Å². The number of fused-ring (bicyclic) bond motifs is 6. The molecular weight excluding hydrogens is 914 g/mol. The third kappa shape index (κ3) is 7.92. The molecule has 1 aliphatic carbocycles.